The standard InChI is InChI=1S/C19H18N4OS2/c1-12-20-19-23(21-12)18(24)17(26-19)16(15-7-4-10-25-15)22-9-8-13-5-2-3-6-14(13)11-22/h2-7,10,16,24H,8-9,11H2,1H3/t16-/m1/s1. The lowest BCUT2D eigenvalue weighted by Crippen LogP contribution is -2.34. The molecule has 26 heavy (non-hydrogen) atoms. The van der Waals surface area contributed by atoms with Crippen LogP contribution in [0.1, 0.15) is 32.7 Å². The summed E-state index contributed by atoms with van der Waals surface area (Å²) in [5, 5.41) is 17.3. The van der Waals surface area contributed by atoms with Gasteiger partial charge in [-0.05, 0) is 35.9 Å². The third kappa shape index (κ3) is 2.55. The van der Waals surface area contributed by atoms with Crippen LogP contribution in [0.25, 0.3) is 4.96 Å². The molecule has 5 rings (SSSR count). The molecule has 5 nitrogen and oxygen atoms in total. The van der Waals surface area contributed by atoms with E-state index in [-0.39, 0.29) is 11.9 Å². The number of thiophene rings is 1. The zero-order valence-electron chi connectivity index (χ0n) is 14.3. The molecular weight excluding hydrogens is 364 g/mol. The minimum Gasteiger partial charge on any atom is -0.492 e. The summed E-state index contributed by atoms with van der Waals surface area (Å²) >= 11 is 3.26. The second-order valence-electron chi connectivity index (χ2n) is 6.55. The summed E-state index contributed by atoms with van der Waals surface area (Å²) in [6, 6.07) is 12.9. The van der Waals surface area contributed by atoms with Crippen molar-refractivity contribution in [2.24, 2.45) is 0 Å². The number of fused-ring (bicyclic) bond motifs is 2. The van der Waals surface area contributed by atoms with Gasteiger partial charge in [0.05, 0.1) is 10.9 Å². The van der Waals surface area contributed by atoms with Crippen molar-refractivity contribution in [3.63, 3.8) is 0 Å². The molecule has 132 valence electrons. The normalized spacial score (nSPS) is 16.0. The largest absolute Gasteiger partial charge is 0.492 e. The first-order valence-electron chi connectivity index (χ1n) is 8.60. The van der Waals surface area contributed by atoms with Crippen LogP contribution in [0.4, 0.5) is 0 Å². The summed E-state index contributed by atoms with van der Waals surface area (Å²) in [4.78, 5) is 9.78. The molecule has 0 amide bonds. The van der Waals surface area contributed by atoms with Gasteiger partial charge in [-0.3, -0.25) is 4.90 Å². The van der Waals surface area contributed by atoms with Gasteiger partial charge in [-0.25, -0.2) is 4.98 Å². The van der Waals surface area contributed by atoms with E-state index in [4.69, 9.17) is 0 Å². The average molecular weight is 383 g/mol. The number of thiazole rings is 1. The summed E-state index contributed by atoms with van der Waals surface area (Å²) in [5.74, 6) is 0.889. The maximum atomic E-state index is 10.8. The second-order valence-corrected chi connectivity index (χ2v) is 8.54. The fraction of sp³-hybridized carbons (Fsp3) is 0.263. The highest BCUT2D eigenvalue weighted by atomic mass is 32.1. The van der Waals surface area contributed by atoms with Crippen molar-refractivity contribution in [3.8, 4) is 5.88 Å². The maximum Gasteiger partial charge on any atom is 0.230 e. The Kier molecular flexibility index (Phi) is 3.81. The first kappa shape index (κ1) is 16.0. The Morgan fingerprint density at radius 2 is 2.00 bits per heavy atom. The molecule has 1 aliphatic heterocycles. The highest BCUT2D eigenvalue weighted by Crippen LogP contribution is 2.42. The van der Waals surface area contributed by atoms with Crippen LogP contribution >= 0.6 is 22.7 Å². The van der Waals surface area contributed by atoms with Crippen molar-refractivity contribution in [1.82, 2.24) is 19.5 Å². The summed E-state index contributed by atoms with van der Waals surface area (Å²) in [5.41, 5.74) is 2.80. The molecule has 0 spiro atoms. The Labute approximate surface area is 159 Å². The van der Waals surface area contributed by atoms with E-state index in [0.29, 0.717) is 5.82 Å². The predicted octanol–water partition coefficient (Wildman–Crippen LogP) is 4.01. The smallest absolute Gasteiger partial charge is 0.230 e. The van der Waals surface area contributed by atoms with Gasteiger partial charge in [0.15, 0.2) is 0 Å². The van der Waals surface area contributed by atoms with E-state index in [2.05, 4.69) is 56.8 Å². The van der Waals surface area contributed by atoms with Gasteiger partial charge in [0.2, 0.25) is 10.8 Å². The van der Waals surface area contributed by atoms with E-state index < -0.39 is 0 Å². The van der Waals surface area contributed by atoms with Crippen molar-refractivity contribution in [3.05, 3.63) is 68.5 Å². The minimum absolute atomic E-state index is 0.0252. The van der Waals surface area contributed by atoms with Gasteiger partial charge >= 0.3 is 0 Å². The van der Waals surface area contributed by atoms with Gasteiger partial charge in [0, 0.05) is 18.0 Å². The predicted molar refractivity (Wildman–Crippen MR) is 104 cm³/mol. The number of nitrogens with zero attached hydrogens (tertiary/aromatic N) is 4. The fourth-order valence-corrected chi connectivity index (χ4v) is 5.78. The highest BCUT2D eigenvalue weighted by molar-refractivity contribution is 7.17. The van der Waals surface area contributed by atoms with Crippen LogP contribution in [0.15, 0.2) is 41.8 Å². The molecule has 0 saturated carbocycles. The topological polar surface area (TPSA) is 53.7 Å². The monoisotopic (exact) mass is 382 g/mol. The molecule has 0 fully saturated rings. The molecule has 3 aromatic heterocycles. The number of benzene rings is 1. The van der Waals surface area contributed by atoms with E-state index in [1.807, 2.05) is 6.92 Å². The van der Waals surface area contributed by atoms with Crippen LogP contribution < -0.4 is 0 Å². The lowest BCUT2D eigenvalue weighted by atomic mass is 9.98. The third-order valence-corrected chi connectivity index (χ3v) is 6.89. The van der Waals surface area contributed by atoms with Gasteiger partial charge in [0.25, 0.3) is 0 Å². The Bertz CT molecular complexity index is 1070. The van der Waals surface area contributed by atoms with Crippen molar-refractivity contribution in [2.45, 2.75) is 25.9 Å². The molecular formula is C19H18N4OS2. The molecule has 1 aliphatic rings. The summed E-state index contributed by atoms with van der Waals surface area (Å²) in [7, 11) is 0. The van der Waals surface area contributed by atoms with Crippen LogP contribution in [0, 0.1) is 6.92 Å². The van der Waals surface area contributed by atoms with Crippen LogP contribution in [-0.2, 0) is 13.0 Å². The van der Waals surface area contributed by atoms with Crippen LogP contribution in [0.2, 0.25) is 0 Å². The number of rotatable bonds is 3. The SMILES string of the molecule is Cc1nc2sc([C@@H](c3cccs3)N3CCc4ccccc4C3)c(O)n2n1. The molecule has 7 heteroatoms. The highest BCUT2D eigenvalue weighted by Gasteiger charge is 2.32. The Hall–Kier alpha value is -2.22. The zero-order chi connectivity index (χ0) is 17.7. The molecule has 1 N–H and O–H groups in total. The van der Waals surface area contributed by atoms with Crippen molar-refractivity contribution >= 4 is 27.6 Å². The quantitative estimate of drug-likeness (QED) is 0.582. The molecule has 1 atom stereocenters. The number of hydrogen-bond donors (Lipinski definition) is 1. The van der Waals surface area contributed by atoms with Crippen LogP contribution in [0.5, 0.6) is 5.88 Å². The van der Waals surface area contributed by atoms with Crippen LogP contribution in [-0.4, -0.2) is 31.1 Å². The Balaban J connectivity index is 1.60. The lowest BCUT2D eigenvalue weighted by Gasteiger charge is -2.34. The molecule has 4 heterocycles. The number of hydrogen-bond acceptors (Lipinski definition) is 6. The lowest BCUT2D eigenvalue weighted by molar-refractivity contribution is 0.208. The Morgan fingerprint density at radius 1 is 1.15 bits per heavy atom. The Morgan fingerprint density at radius 3 is 2.77 bits per heavy atom. The molecule has 0 aliphatic carbocycles. The van der Waals surface area contributed by atoms with E-state index in [1.165, 1.54) is 27.3 Å². The minimum atomic E-state index is 0.0252. The van der Waals surface area contributed by atoms with Crippen molar-refractivity contribution < 1.29 is 5.11 Å². The van der Waals surface area contributed by atoms with E-state index >= 15 is 0 Å². The molecule has 0 unspecified atom stereocenters. The third-order valence-electron chi connectivity index (χ3n) is 4.89. The molecule has 4 aromatic rings. The fourth-order valence-electron chi connectivity index (χ4n) is 3.69. The van der Waals surface area contributed by atoms with Gasteiger partial charge in [-0.1, -0.05) is 41.7 Å². The van der Waals surface area contributed by atoms with Crippen LogP contribution in [0.3, 0.4) is 0 Å². The van der Waals surface area contributed by atoms with Crippen molar-refractivity contribution in [1.29, 1.82) is 0 Å². The summed E-state index contributed by atoms with van der Waals surface area (Å²) < 4.78 is 1.56. The van der Waals surface area contributed by atoms with Gasteiger partial charge in [0.1, 0.15) is 5.82 Å². The van der Waals surface area contributed by atoms with Gasteiger partial charge < -0.3 is 5.11 Å². The number of aromatic hydroxyl groups is 1. The first-order valence-corrected chi connectivity index (χ1v) is 10.3. The van der Waals surface area contributed by atoms with Crippen molar-refractivity contribution in [2.75, 3.05) is 6.54 Å². The average Bonchev–Trinajstić information content (AvgIpc) is 3.36. The maximum absolute atomic E-state index is 10.8. The number of aromatic nitrogens is 3. The van der Waals surface area contributed by atoms with E-state index in [1.54, 1.807) is 15.9 Å². The van der Waals surface area contributed by atoms with Gasteiger partial charge in [-0.15, -0.1) is 16.4 Å². The molecule has 0 saturated heterocycles. The van der Waals surface area contributed by atoms with E-state index in [9.17, 15) is 5.11 Å². The molecule has 0 bridgehead atoms. The summed E-state index contributed by atoms with van der Waals surface area (Å²) in [6.45, 7) is 3.69. The zero-order valence-corrected chi connectivity index (χ0v) is 15.9. The number of aryl methyl sites for hydroxylation is 1. The van der Waals surface area contributed by atoms with E-state index in [0.717, 1.165) is 29.3 Å². The molecule has 1 aromatic carbocycles. The summed E-state index contributed by atoms with van der Waals surface area (Å²) in [6.07, 6.45) is 1.03. The molecule has 0 radical (unpaired) electrons. The van der Waals surface area contributed by atoms with Gasteiger partial charge in [-0.2, -0.15) is 4.52 Å². The second kappa shape index (κ2) is 6.19. The first-order chi connectivity index (χ1) is 12.7.